The van der Waals surface area contributed by atoms with Gasteiger partial charge in [0.1, 0.15) is 17.4 Å². The quantitative estimate of drug-likeness (QED) is 0.306. The fraction of sp³-hybridized carbons (Fsp3) is 0.0833. The van der Waals surface area contributed by atoms with Crippen LogP contribution < -0.4 is 4.74 Å². The number of imidazole rings is 2. The van der Waals surface area contributed by atoms with Gasteiger partial charge in [0.15, 0.2) is 4.77 Å². The normalized spacial score (nSPS) is 11.2. The highest BCUT2D eigenvalue weighted by atomic mass is 35.5. The molecule has 160 valence electrons. The average Bonchev–Trinajstić information content (AvgIpc) is 3.35. The molecule has 0 radical (unpaired) electrons. The summed E-state index contributed by atoms with van der Waals surface area (Å²) >= 11 is 11.9. The second-order valence-corrected chi connectivity index (χ2v) is 8.08. The predicted octanol–water partition coefficient (Wildman–Crippen LogP) is 6.40. The van der Waals surface area contributed by atoms with E-state index < -0.39 is 0 Å². The standard InChI is InChI=1S/C24H18ClFN4OS/c1-31-22-11-8-16(26)12-18(22)21-13-29(14-23-27-19-4-2-3-5-20(19)28-23)24(32)30(21)17-9-6-15(25)7-10-17/h2-13H,14H2,1H3,(H,27,28). The van der Waals surface area contributed by atoms with Gasteiger partial charge in [-0.3, -0.25) is 4.57 Å². The third-order valence-electron chi connectivity index (χ3n) is 5.24. The molecule has 5 aromatic rings. The van der Waals surface area contributed by atoms with Crippen LogP contribution in [-0.2, 0) is 6.54 Å². The van der Waals surface area contributed by atoms with Gasteiger partial charge in [0.05, 0.1) is 30.4 Å². The van der Waals surface area contributed by atoms with E-state index in [1.54, 1.807) is 25.3 Å². The van der Waals surface area contributed by atoms with Crippen LogP contribution in [-0.4, -0.2) is 26.2 Å². The van der Waals surface area contributed by atoms with Gasteiger partial charge in [-0.1, -0.05) is 23.7 Å². The summed E-state index contributed by atoms with van der Waals surface area (Å²) in [7, 11) is 1.56. The molecule has 0 spiro atoms. The van der Waals surface area contributed by atoms with Crippen molar-refractivity contribution in [3.63, 3.8) is 0 Å². The summed E-state index contributed by atoms with van der Waals surface area (Å²) in [5, 5.41) is 0.617. The van der Waals surface area contributed by atoms with Crippen LogP contribution in [0.5, 0.6) is 5.75 Å². The van der Waals surface area contributed by atoms with Crippen molar-refractivity contribution in [2.45, 2.75) is 6.54 Å². The molecule has 2 aromatic heterocycles. The number of benzene rings is 3. The maximum atomic E-state index is 14.2. The van der Waals surface area contributed by atoms with Crippen molar-refractivity contribution in [3.05, 3.63) is 94.4 Å². The van der Waals surface area contributed by atoms with Gasteiger partial charge in [-0.05, 0) is 66.8 Å². The number of aromatic amines is 1. The number of hydrogen-bond donors (Lipinski definition) is 1. The zero-order chi connectivity index (χ0) is 22.2. The van der Waals surface area contributed by atoms with Crippen molar-refractivity contribution in [2.24, 2.45) is 0 Å². The van der Waals surface area contributed by atoms with Crippen molar-refractivity contribution in [2.75, 3.05) is 7.11 Å². The van der Waals surface area contributed by atoms with E-state index in [4.69, 9.17) is 28.6 Å². The maximum absolute atomic E-state index is 14.2. The first-order chi connectivity index (χ1) is 15.5. The Morgan fingerprint density at radius 1 is 1.09 bits per heavy atom. The largest absolute Gasteiger partial charge is 0.496 e. The van der Waals surface area contributed by atoms with Crippen LogP contribution in [0.4, 0.5) is 4.39 Å². The van der Waals surface area contributed by atoms with Gasteiger partial charge in [0, 0.05) is 22.5 Å². The molecule has 0 fully saturated rings. The molecular formula is C24H18ClFN4OS. The minimum absolute atomic E-state index is 0.362. The van der Waals surface area contributed by atoms with E-state index in [2.05, 4.69) is 9.97 Å². The van der Waals surface area contributed by atoms with E-state index in [1.165, 1.54) is 12.1 Å². The third kappa shape index (κ3) is 3.70. The molecule has 0 aliphatic carbocycles. The molecule has 0 atom stereocenters. The highest BCUT2D eigenvalue weighted by Crippen LogP contribution is 2.33. The van der Waals surface area contributed by atoms with Crippen LogP contribution in [0.3, 0.4) is 0 Å². The molecule has 3 aromatic carbocycles. The number of methoxy groups -OCH3 is 1. The molecule has 0 saturated carbocycles. The number of aromatic nitrogens is 4. The maximum Gasteiger partial charge on any atom is 0.185 e. The van der Waals surface area contributed by atoms with Crippen molar-refractivity contribution in [3.8, 4) is 22.7 Å². The second kappa shape index (κ2) is 8.26. The third-order valence-corrected chi connectivity index (χ3v) is 5.91. The Bertz CT molecular complexity index is 1450. The molecule has 0 aliphatic heterocycles. The van der Waals surface area contributed by atoms with Gasteiger partial charge in [0.2, 0.25) is 0 Å². The number of nitrogens with zero attached hydrogens (tertiary/aromatic N) is 3. The van der Waals surface area contributed by atoms with Gasteiger partial charge >= 0.3 is 0 Å². The molecule has 32 heavy (non-hydrogen) atoms. The molecule has 0 bridgehead atoms. The minimum atomic E-state index is -0.362. The molecule has 0 unspecified atom stereocenters. The number of hydrogen-bond acceptors (Lipinski definition) is 3. The zero-order valence-corrected chi connectivity index (χ0v) is 18.6. The van der Waals surface area contributed by atoms with E-state index in [-0.39, 0.29) is 5.82 Å². The fourth-order valence-corrected chi connectivity index (χ4v) is 4.20. The molecule has 8 heteroatoms. The lowest BCUT2D eigenvalue weighted by molar-refractivity contribution is 0.415. The number of para-hydroxylation sites is 2. The molecule has 5 nitrogen and oxygen atoms in total. The Labute approximate surface area is 193 Å². The fourth-order valence-electron chi connectivity index (χ4n) is 3.76. The topological polar surface area (TPSA) is 47.8 Å². The lowest BCUT2D eigenvalue weighted by atomic mass is 10.1. The lowest BCUT2D eigenvalue weighted by Crippen LogP contribution is -2.03. The van der Waals surface area contributed by atoms with Crippen LogP contribution in [0.25, 0.3) is 28.0 Å². The zero-order valence-electron chi connectivity index (χ0n) is 17.0. The van der Waals surface area contributed by atoms with Crippen LogP contribution in [0.1, 0.15) is 5.82 Å². The second-order valence-electron chi connectivity index (χ2n) is 7.28. The molecule has 2 heterocycles. The Balaban J connectivity index is 1.69. The molecular weight excluding hydrogens is 447 g/mol. The monoisotopic (exact) mass is 464 g/mol. The molecule has 0 saturated heterocycles. The van der Waals surface area contributed by atoms with E-state index in [1.807, 2.05) is 51.7 Å². The van der Waals surface area contributed by atoms with E-state index in [0.717, 1.165) is 22.5 Å². The SMILES string of the molecule is COc1ccc(F)cc1-c1cn(Cc2nc3ccccc3[nH]2)c(=S)n1-c1ccc(Cl)cc1. The number of halogens is 2. The van der Waals surface area contributed by atoms with Gasteiger partial charge in [-0.25, -0.2) is 9.37 Å². The Hall–Kier alpha value is -3.42. The van der Waals surface area contributed by atoms with E-state index >= 15 is 0 Å². The van der Waals surface area contributed by atoms with Crippen molar-refractivity contribution in [1.29, 1.82) is 0 Å². The van der Waals surface area contributed by atoms with Crippen molar-refractivity contribution >= 4 is 34.9 Å². The summed E-state index contributed by atoms with van der Waals surface area (Å²) < 4.78 is 24.0. The first-order valence-electron chi connectivity index (χ1n) is 9.89. The summed E-state index contributed by atoms with van der Waals surface area (Å²) in [6.07, 6.45) is 1.89. The van der Waals surface area contributed by atoms with Gasteiger partial charge in [-0.15, -0.1) is 0 Å². The summed E-state index contributed by atoms with van der Waals surface area (Å²) in [4.78, 5) is 7.99. The summed E-state index contributed by atoms with van der Waals surface area (Å²) in [6.45, 7) is 0.429. The van der Waals surface area contributed by atoms with Crippen LogP contribution >= 0.6 is 23.8 Å². The molecule has 1 N–H and O–H groups in total. The predicted molar refractivity (Wildman–Crippen MR) is 127 cm³/mol. The van der Waals surface area contributed by atoms with Gasteiger partial charge < -0.3 is 14.3 Å². The summed E-state index contributed by atoms with van der Waals surface area (Å²) in [6, 6.07) is 19.6. The Morgan fingerprint density at radius 2 is 1.88 bits per heavy atom. The number of ether oxygens (including phenoxy) is 1. The van der Waals surface area contributed by atoms with Crippen molar-refractivity contribution < 1.29 is 9.13 Å². The van der Waals surface area contributed by atoms with Gasteiger partial charge in [0.25, 0.3) is 0 Å². The lowest BCUT2D eigenvalue weighted by Gasteiger charge is -2.12. The summed E-state index contributed by atoms with van der Waals surface area (Å²) in [5.41, 5.74) is 3.95. The highest BCUT2D eigenvalue weighted by Gasteiger charge is 2.18. The van der Waals surface area contributed by atoms with Crippen molar-refractivity contribution in [1.82, 2.24) is 19.1 Å². The van der Waals surface area contributed by atoms with Gasteiger partial charge in [-0.2, -0.15) is 0 Å². The first-order valence-corrected chi connectivity index (χ1v) is 10.7. The number of fused-ring (bicyclic) bond motifs is 1. The molecule has 0 amide bonds. The Kier molecular flexibility index (Phi) is 5.28. The number of nitrogens with one attached hydrogen (secondary N) is 1. The highest BCUT2D eigenvalue weighted by molar-refractivity contribution is 7.71. The molecule has 5 rings (SSSR count). The van der Waals surface area contributed by atoms with Crippen LogP contribution in [0.15, 0.2) is 72.9 Å². The smallest absolute Gasteiger partial charge is 0.185 e. The summed E-state index contributed by atoms with van der Waals surface area (Å²) in [5.74, 6) is 0.956. The minimum Gasteiger partial charge on any atom is -0.496 e. The Morgan fingerprint density at radius 3 is 2.62 bits per heavy atom. The van der Waals surface area contributed by atoms with E-state index in [0.29, 0.717) is 33.3 Å². The average molecular weight is 465 g/mol. The van der Waals surface area contributed by atoms with Crippen LogP contribution in [0.2, 0.25) is 5.02 Å². The number of H-pyrrole nitrogens is 1. The van der Waals surface area contributed by atoms with Crippen LogP contribution in [0, 0.1) is 10.6 Å². The molecule has 0 aliphatic rings. The first kappa shape index (κ1) is 20.5. The number of rotatable bonds is 5. The van der Waals surface area contributed by atoms with E-state index in [9.17, 15) is 4.39 Å².